The van der Waals surface area contributed by atoms with Crippen molar-refractivity contribution >= 4 is 52.5 Å². The Morgan fingerprint density at radius 3 is 2.36 bits per heavy atom. The molecule has 192 valence electrons. The Morgan fingerprint density at radius 1 is 1.22 bits per heavy atom. The van der Waals surface area contributed by atoms with Crippen LogP contribution in [0.25, 0.3) is 16.9 Å². The van der Waals surface area contributed by atoms with Gasteiger partial charge in [0.25, 0.3) is 5.56 Å². The first kappa shape index (κ1) is 27.6. The molecule has 0 radical (unpaired) electrons. The van der Waals surface area contributed by atoms with Gasteiger partial charge in [0.2, 0.25) is 5.91 Å². The molecule has 1 unspecified atom stereocenters. The Hall–Kier alpha value is -3.01. The maximum atomic E-state index is 13.8. The lowest BCUT2D eigenvalue weighted by Gasteiger charge is -2.18. The molecule has 3 N–H and O–H groups in total. The Bertz CT molecular complexity index is 1370. The number of hydrogen-bond acceptors (Lipinski definition) is 5. The van der Waals surface area contributed by atoms with E-state index in [1.807, 2.05) is 6.92 Å². The summed E-state index contributed by atoms with van der Waals surface area (Å²) < 4.78 is 6.68. The molecule has 1 amide bonds. The van der Waals surface area contributed by atoms with Crippen LogP contribution in [0.5, 0.6) is 0 Å². The van der Waals surface area contributed by atoms with E-state index in [2.05, 4.69) is 27.2 Å². The van der Waals surface area contributed by atoms with Gasteiger partial charge in [0, 0.05) is 21.6 Å². The summed E-state index contributed by atoms with van der Waals surface area (Å²) in [5.41, 5.74) is -0.244. The van der Waals surface area contributed by atoms with Crippen LogP contribution in [0.15, 0.2) is 35.3 Å². The van der Waals surface area contributed by atoms with Gasteiger partial charge in [0.15, 0.2) is 0 Å². The molecule has 36 heavy (non-hydrogen) atoms. The molecule has 0 saturated heterocycles. The van der Waals surface area contributed by atoms with Gasteiger partial charge >= 0.3 is 5.97 Å². The molecule has 0 bridgehead atoms. The van der Waals surface area contributed by atoms with E-state index in [0.29, 0.717) is 12.0 Å². The molecule has 0 saturated carbocycles. The summed E-state index contributed by atoms with van der Waals surface area (Å²) in [6.07, 6.45) is 1.12. The van der Waals surface area contributed by atoms with Crippen LogP contribution in [-0.2, 0) is 14.3 Å². The van der Waals surface area contributed by atoms with Crippen LogP contribution in [0.4, 0.5) is 5.82 Å². The molecule has 3 rings (SSSR count). The van der Waals surface area contributed by atoms with Crippen molar-refractivity contribution in [3.8, 4) is 16.9 Å². The molecule has 2 aromatic heterocycles. The monoisotopic (exact) mass is 553 g/mol. The Labute approximate surface area is 222 Å². The number of rotatable bonds is 7. The smallest absolute Gasteiger partial charge is 0.333 e. The molecule has 0 spiro atoms. The summed E-state index contributed by atoms with van der Waals surface area (Å²) in [6, 6.07) is 2.88. The molecule has 1 atom stereocenters. The van der Waals surface area contributed by atoms with Gasteiger partial charge < -0.3 is 10.1 Å². The third-order valence-corrected chi connectivity index (χ3v) is 6.04. The van der Waals surface area contributed by atoms with Crippen molar-refractivity contribution in [3.05, 3.63) is 61.5 Å². The molecule has 0 aliphatic rings. The predicted molar refractivity (Wildman–Crippen MR) is 141 cm³/mol. The minimum Gasteiger partial charge on any atom is -0.454 e. The second-order valence-corrected chi connectivity index (χ2v) is 10.5. The zero-order chi connectivity index (χ0) is 26.9. The number of nitrogens with zero attached hydrogens (tertiary/aromatic N) is 2. The number of aromatic nitrogens is 4. The fourth-order valence-corrected chi connectivity index (χ4v) is 4.29. The molecular weight excluding hydrogens is 529 g/mol. The van der Waals surface area contributed by atoms with Gasteiger partial charge in [-0.15, -0.1) is 0 Å². The summed E-state index contributed by atoms with van der Waals surface area (Å²) in [5, 5.41) is 13.0. The van der Waals surface area contributed by atoms with Crippen molar-refractivity contribution in [2.45, 2.75) is 47.1 Å². The summed E-state index contributed by atoms with van der Waals surface area (Å²) >= 11 is 18.8. The van der Waals surface area contributed by atoms with E-state index >= 15 is 0 Å². The standard InChI is InChI=1S/C24H26Cl3N5O4/c1-7-16(36-22(34)11(2)3)13-10-28-30-18(13)17-20(29-23(35)24(4,5)6)31-32(21(17)33)19-14(26)8-12(25)9-15(19)27/h8-10,16,31H,2,7H2,1,3-6H3,(H,28,30)(H,29,35). The average molecular weight is 555 g/mol. The van der Waals surface area contributed by atoms with Crippen molar-refractivity contribution in [2.24, 2.45) is 5.41 Å². The topological polar surface area (TPSA) is 122 Å². The molecule has 1 aromatic carbocycles. The number of benzene rings is 1. The predicted octanol–water partition coefficient (Wildman–Crippen LogP) is 6.07. The van der Waals surface area contributed by atoms with Crippen molar-refractivity contribution < 1.29 is 14.3 Å². The van der Waals surface area contributed by atoms with E-state index in [0.717, 1.165) is 4.68 Å². The van der Waals surface area contributed by atoms with Crippen molar-refractivity contribution in [1.29, 1.82) is 0 Å². The van der Waals surface area contributed by atoms with Crippen LogP contribution in [-0.4, -0.2) is 31.9 Å². The minimum atomic E-state index is -0.772. The number of aromatic amines is 2. The van der Waals surface area contributed by atoms with Crippen molar-refractivity contribution in [1.82, 2.24) is 20.0 Å². The maximum absolute atomic E-state index is 13.8. The number of nitrogens with one attached hydrogen (secondary N) is 3. The highest BCUT2D eigenvalue weighted by Crippen LogP contribution is 2.36. The normalized spacial score (nSPS) is 12.3. The quantitative estimate of drug-likeness (QED) is 0.242. The van der Waals surface area contributed by atoms with Crippen LogP contribution < -0.4 is 10.9 Å². The van der Waals surface area contributed by atoms with Crippen LogP contribution in [0.2, 0.25) is 15.1 Å². The van der Waals surface area contributed by atoms with E-state index in [-0.39, 0.29) is 49.3 Å². The lowest BCUT2D eigenvalue weighted by Crippen LogP contribution is -2.28. The van der Waals surface area contributed by atoms with Crippen LogP contribution in [0, 0.1) is 5.41 Å². The highest BCUT2D eigenvalue weighted by molar-refractivity contribution is 6.40. The number of amides is 1. The van der Waals surface area contributed by atoms with Gasteiger partial charge in [0.05, 0.1) is 21.9 Å². The highest BCUT2D eigenvalue weighted by atomic mass is 35.5. The lowest BCUT2D eigenvalue weighted by atomic mass is 9.95. The SMILES string of the molecule is C=C(C)C(=O)OC(CC)c1cn[nH]c1-c1c(NC(=O)C(C)(C)C)[nH]n(-c2c(Cl)cc(Cl)cc2Cl)c1=O. The molecule has 3 aromatic rings. The van der Waals surface area contributed by atoms with Gasteiger partial charge in [-0.25, -0.2) is 9.48 Å². The van der Waals surface area contributed by atoms with Crippen LogP contribution >= 0.6 is 34.8 Å². The number of carbonyl (C=O) groups excluding carboxylic acids is 2. The van der Waals surface area contributed by atoms with Gasteiger partial charge in [0.1, 0.15) is 23.2 Å². The summed E-state index contributed by atoms with van der Waals surface area (Å²) in [5.74, 6) is -0.859. The number of H-pyrrole nitrogens is 2. The largest absolute Gasteiger partial charge is 0.454 e. The number of ether oxygens (including phenoxy) is 1. The first-order valence-corrected chi connectivity index (χ1v) is 12.1. The van der Waals surface area contributed by atoms with Crippen LogP contribution in [0.1, 0.15) is 52.7 Å². The third-order valence-electron chi connectivity index (χ3n) is 5.25. The number of hydrogen-bond donors (Lipinski definition) is 3. The zero-order valence-electron chi connectivity index (χ0n) is 20.4. The first-order valence-electron chi connectivity index (χ1n) is 11.0. The lowest BCUT2D eigenvalue weighted by molar-refractivity contribution is -0.144. The zero-order valence-corrected chi connectivity index (χ0v) is 22.7. The molecule has 0 aliphatic carbocycles. The second-order valence-electron chi connectivity index (χ2n) is 9.21. The van der Waals surface area contributed by atoms with E-state index in [4.69, 9.17) is 39.5 Å². The van der Waals surface area contributed by atoms with Crippen molar-refractivity contribution in [3.63, 3.8) is 0 Å². The molecule has 2 heterocycles. The molecule has 12 heteroatoms. The fraction of sp³-hybridized carbons (Fsp3) is 0.333. The Kier molecular flexibility index (Phi) is 8.07. The Balaban J connectivity index is 2.25. The first-order chi connectivity index (χ1) is 16.8. The van der Waals surface area contributed by atoms with Gasteiger partial charge in [-0.2, -0.15) is 5.10 Å². The van der Waals surface area contributed by atoms with E-state index in [9.17, 15) is 14.4 Å². The van der Waals surface area contributed by atoms with E-state index in [1.54, 1.807) is 20.8 Å². The van der Waals surface area contributed by atoms with Gasteiger partial charge in [-0.1, -0.05) is 69.1 Å². The number of esters is 1. The molecular formula is C24H26Cl3N5O4. The second kappa shape index (κ2) is 10.5. The van der Waals surface area contributed by atoms with Crippen LogP contribution in [0.3, 0.4) is 0 Å². The molecule has 0 fully saturated rings. The molecule has 9 nitrogen and oxygen atoms in total. The maximum Gasteiger partial charge on any atom is 0.333 e. The van der Waals surface area contributed by atoms with E-state index < -0.39 is 23.0 Å². The van der Waals surface area contributed by atoms with Gasteiger partial charge in [-0.05, 0) is 25.5 Å². The number of anilines is 1. The average Bonchev–Trinajstić information content (AvgIpc) is 3.35. The fourth-order valence-electron chi connectivity index (χ4n) is 3.30. The minimum absolute atomic E-state index is 0.0482. The van der Waals surface area contributed by atoms with E-state index in [1.165, 1.54) is 25.3 Å². The van der Waals surface area contributed by atoms with Crippen molar-refractivity contribution in [2.75, 3.05) is 5.32 Å². The molecule has 0 aliphatic heterocycles. The number of halogens is 3. The highest BCUT2D eigenvalue weighted by Gasteiger charge is 2.30. The third kappa shape index (κ3) is 5.53. The summed E-state index contributed by atoms with van der Waals surface area (Å²) in [7, 11) is 0. The number of carbonyl (C=O) groups is 2. The Morgan fingerprint density at radius 2 is 1.83 bits per heavy atom. The van der Waals surface area contributed by atoms with Gasteiger partial charge in [-0.3, -0.25) is 19.8 Å². The summed E-state index contributed by atoms with van der Waals surface area (Å²) in [6.45, 7) is 12.2. The summed E-state index contributed by atoms with van der Waals surface area (Å²) in [4.78, 5) is 38.8.